The van der Waals surface area contributed by atoms with Crippen LogP contribution in [0.2, 0.25) is 0 Å². The van der Waals surface area contributed by atoms with Crippen LogP contribution in [0.25, 0.3) is 0 Å². The molecule has 0 unspecified atom stereocenters. The summed E-state index contributed by atoms with van der Waals surface area (Å²) in [6.45, 7) is 0.885. The Balaban J connectivity index is 1.94. The van der Waals surface area contributed by atoms with E-state index in [1.165, 1.54) is 12.0 Å². The summed E-state index contributed by atoms with van der Waals surface area (Å²) < 4.78 is 5.49. The first-order valence-electron chi connectivity index (χ1n) is 7.33. The predicted molar refractivity (Wildman–Crippen MR) is 75.3 cm³/mol. The van der Waals surface area contributed by atoms with Gasteiger partial charge in [0.2, 0.25) is 0 Å². The highest BCUT2D eigenvalue weighted by Crippen LogP contribution is 2.47. The molecule has 3 heteroatoms. The van der Waals surface area contributed by atoms with Crippen LogP contribution >= 0.6 is 0 Å². The monoisotopic (exact) mass is 261 g/mol. The summed E-state index contributed by atoms with van der Waals surface area (Å²) in [4.78, 5) is 0. The molecule has 0 spiro atoms. The number of rotatable bonds is 2. The number of piperidine rings is 1. The molecular weight excluding hydrogens is 238 g/mol. The van der Waals surface area contributed by atoms with Crippen molar-refractivity contribution in [2.45, 2.75) is 43.7 Å². The van der Waals surface area contributed by atoms with Crippen molar-refractivity contribution in [2.75, 3.05) is 13.7 Å². The van der Waals surface area contributed by atoms with E-state index in [4.69, 9.17) is 4.74 Å². The molecule has 1 aromatic rings. The highest BCUT2D eigenvalue weighted by atomic mass is 16.5. The van der Waals surface area contributed by atoms with Gasteiger partial charge in [0, 0.05) is 17.5 Å². The van der Waals surface area contributed by atoms with E-state index in [0.717, 1.165) is 38.0 Å². The van der Waals surface area contributed by atoms with Gasteiger partial charge >= 0.3 is 0 Å². The minimum atomic E-state index is -0.477. The molecule has 1 aliphatic carbocycles. The van der Waals surface area contributed by atoms with Gasteiger partial charge < -0.3 is 15.2 Å². The van der Waals surface area contributed by atoms with Crippen LogP contribution < -0.4 is 10.1 Å². The summed E-state index contributed by atoms with van der Waals surface area (Å²) in [5.74, 6) is 1.24. The number of hydrogen-bond donors (Lipinski definition) is 2. The van der Waals surface area contributed by atoms with Gasteiger partial charge in [-0.05, 0) is 31.9 Å². The summed E-state index contributed by atoms with van der Waals surface area (Å²) in [5.41, 5.74) is 0.713. The van der Waals surface area contributed by atoms with Crippen molar-refractivity contribution in [2.24, 2.45) is 5.92 Å². The van der Waals surface area contributed by atoms with Crippen molar-refractivity contribution in [3.63, 3.8) is 0 Å². The fraction of sp³-hybridized carbons (Fsp3) is 0.625. The van der Waals surface area contributed by atoms with Gasteiger partial charge in [0.1, 0.15) is 5.75 Å². The first-order valence-corrected chi connectivity index (χ1v) is 7.33. The lowest BCUT2D eigenvalue weighted by atomic mass is 9.66. The highest BCUT2D eigenvalue weighted by molar-refractivity contribution is 5.37. The lowest BCUT2D eigenvalue weighted by Crippen LogP contribution is -2.53. The maximum Gasteiger partial charge on any atom is 0.123 e. The Hall–Kier alpha value is -1.06. The van der Waals surface area contributed by atoms with E-state index in [0.29, 0.717) is 5.92 Å². The SMILES string of the molecule is COc1ccccc1[C@H]1NCC[C@@]2(O)CCCC[C@H]12. The molecule has 2 N–H and O–H groups in total. The van der Waals surface area contributed by atoms with E-state index in [1.807, 2.05) is 12.1 Å². The Kier molecular flexibility index (Phi) is 3.50. The minimum absolute atomic E-state index is 0.218. The third-order valence-electron chi connectivity index (χ3n) is 4.86. The molecule has 104 valence electrons. The van der Waals surface area contributed by atoms with Crippen LogP contribution in [0.3, 0.4) is 0 Å². The molecule has 1 saturated carbocycles. The van der Waals surface area contributed by atoms with Gasteiger partial charge in [-0.1, -0.05) is 31.0 Å². The van der Waals surface area contributed by atoms with E-state index in [1.54, 1.807) is 7.11 Å². The standard InChI is InChI=1S/C16H23NO2/c1-19-14-8-3-2-6-12(14)15-13-7-4-5-9-16(13,18)10-11-17-15/h2-3,6,8,13,15,17-18H,4-5,7,9-11H2,1H3/t13-,15-,16+/m1/s1. The number of fused-ring (bicyclic) bond motifs is 1. The van der Waals surface area contributed by atoms with Crippen LogP contribution in [0.4, 0.5) is 0 Å². The van der Waals surface area contributed by atoms with E-state index in [-0.39, 0.29) is 6.04 Å². The zero-order valence-corrected chi connectivity index (χ0v) is 11.6. The molecule has 1 heterocycles. The molecule has 0 bridgehead atoms. The first kappa shape index (κ1) is 12.9. The summed E-state index contributed by atoms with van der Waals surface area (Å²) in [6.07, 6.45) is 5.31. The average molecular weight is 261 g/mol. The van der Waals surface area contributed by atoms with Gasteiger partial charge in [-0.2, -0.15) is 0 Å². The average Bonchev–Trinajstić information content (AvgIpc) is 2.46. The van der Waals surface area contributed by atoms with Crippen molar-refractivity contribution < 1.29 is 9.84 Å². The molecule has 0 radical (unpaired) electrons. The lowest BCUT2D eigenvalue weighted by molar-refractivity contribution is -0.0863. The first-order chi connectivity index (χ1) is 9.24. The van der Waals surface area contributed by atoms with Crippen LogP contribution in [-0.4, -0.2) is 24.4 Å². The Morgan fingerprint density at radius 2 is 2.11 bits per heavy atom. The quantitative estimate of drug-likeness (QED) is 0.860. The predicted octanol–water partition coefficient (Wildman–Crippen LogP) is 2.65. The largest absolute Gasteiger partial charge is 0.496 e. The molecule has 2 fully saturated rings. The molecule has 1 aromatic carbocycles. The van der Waals surface area contributed by atoms with Crippen molar-refractivity contribution in [1.82, 2.24) is 5.32 Å². The Morgan fingerprint density at radius 1 is 1.26 bits per heavy atom. The fourth-order valence-corrected chi connectivity index (χ4v) is 3.87. The topological polar surface area (TPSA) is 41.5 Å². The number of methoxy groups -OCH3 is 1. The Bertz CT molecular complexity index is 444. The fourth-order valence-electron chi connectivity index (χ4n) is 3.87. The lowest BCUT2D eigenvalue weighted by Gasteiger charge is -2.48. The van der Waals surface area contributed by atoms with Gasteiger partial charge in [0.15, 0.2) is 0 Å². The second kappa shape index (κ2) is 5.14. The third kappa shape index (κ3) is 2.26. The molecule has 3 nitrogen and oxygen atoms in total. The highest BCUT2D eigenvalue weighted by Gasteiger charge is 2.46. The van der Waals surface area contributed by atoms with Crippen LogP contribution in [0.5, 0.6) is 5.75 Å². The van der Waals surface area contributed by atoms with E-state index in [2.05, 4.69) is 17.4 Å². The summed E-state index contributed by atoms with van der Waals surface area (Å²) in [6, 6.07) is 8.40. The van der Waals surface area contributed by atoms with Crippen molar-refractivity contribution in [3.8, 4) is 5.75 Å². The van der Waals surface area contributed by atoms with E-state index < -0.39 is 5.60 Å². The van der Waals surface area contributed by atoms with Gasteiger partial charge in [0.05, 0.1) is 12.7 Å². The van der Waals surface area contributed by atoms with Gasteiger partial charge in [-0.25, -0.2) is 0 Å². The van der Waals surface area contributed by atoms with Gasteiger partial charge in [-0.15, -0.1) is 0 Å². The summed E-state index contributed by atoms with van der Waals surface area (Å²) >= 11 is 0. The molecule has 3 rings (SSSR count). The third-order valence-corrected chi connectivity index (χ3v) is 4.86. The second-order valence-electron chi connectivity index (χ2n) is 5.88. The number of aliphatic hydroxyl groups is 1. The van der Waals surface area contributed by atoms with Crippen molar-refractivity contribution >= 4 is 0 Å². The van der Waals surface area contributed by atoms with Crippen LogP contribution in [-0.2, 0) is 0 Å². The zero-order valence-electron chi connectivity index (χ0n) is 11.6. The van der Waals surface area contributed by atoms with Crippen LogP contribution in [0.1, 0.15) is 43.7 Å². The maximum atomic E-state index is 10.9. The van der Waals surface area contributed by atoms with E-state index >= 15 is 0 Å². The van der Waals surface area contributed by atoms with Gasteiger partial charge in [0.25, 0.3) is 0 Å². The summed E-state index contributed by atoms with van der Waals surface area (Å²) in [7, 11) is 1.72. The van der Waals surface area contributed by atoms with Gasteiger partial charge in [-0.3, -0.25) is 0 Å². The molecule has 3 atom stereocenters. The Morgan fingerprint density at radius 3 is 2.95 bits per heavy atom. The van der Waals surface area contributed by atoms with E-state index in [9.17, 15) is 5.11 Å². The van der Waals surface area contributed by atoms with Crippen molar-refractivity contribution in [1.29, 1.82) is 0 Å². The number of ether oxygens (including phenoxy) is 1. The molecular formula is C16H23NO2. The second-order valence-corrected chi connectivity index (χ2v) is 5.88. The molecule has 0 amide bonds. The number of benzene rings is 1. The number of nitrogens with one attached hydrogen (secondary N) is 1. The van der Waals surface area contributed by atoms with Crippen LogP contribution in [0.15, 0.2) is 24.3 Å². The molecule has 1 saturated heterocycles. The number of para-hydroxylation sites is 1. The maximum absolute atomic E-state index is 10.9. The summed E-state index contributed by atoms with van der Waals surface area (Å²) in [5, 5.41) is 14.5. The van der Waals surface area contributed by atoms with Crippen LogP contribution in [0, 0.1) is 5.92 Å². The Labute approximate surface area is 115 Å². The number of hydrogen-bond acceptors (Lipinski definition) is 3. The molecule has 0 aromatic heterocycles. The smallest absolute Gasteiger partial charge is 0.123 e. The zero-order chi connectivity index (χ0) is 13.3. The minimum Gasteiger partial charge on any atom is -0.496 e. The molecule has 19 heavy (non-hydrogen) atoms. The molecule has 2 aliphatic rings. The molecule has 1 aliphatic heterocycles. The van der Waals surface area contributed by atoms with Crippen molar-refractivity contribution in [3.05, 3.63) is 29.8 Å². The normalized spacial score (nSPS) is 34.6.